The minimum atomic E-state index is 0. The summed E-state index contributed by atoms with van der Waals surface area (Å²) >= 11 is 0. The van der Waals surface area contributed by atoms with E-state index in [9.17, 15) is 0 Å². The summed E-state index contributed by atoms with van der Waals surface area (Å²) in [6.07, 6.45) is 3.78. The van der Waals surface area contributed by atoms with Crippen LogP contribution in [0.3, 0.4) is 0 Å². The Hall–Kier alpha value is -1.42. The monoisotopic (exact) mass is 331 g/mol. The molecule has 0 spiro atoms. The molecule has 0 bridgehead atoms. The van der Waals surface area contributed by atoms with Gasteiger partial charge in [0.2, 0.25) is 0 Å². The van der Waals surface area contributed by atoms with Gasteiger partial charge in [-0.15, -0.1) is 12.4 Å². The van der Waals surface area contributed by atoms with Crippen LogP contribution in [0, 0.1) is 20.8 Å². The van der Waals surface area contributed by atoms with Crippen molar-refractivity contribution in [1.29, 1.82) is 0 Å². The minimum absolute atomic E-state index is 0. The molecular formula is C19H26ClN3. The van der Waals surface area contributed by atoms with Crippen LogP contribution < -0.4 is 5.32 Å². The Labute approximate surface area is 145 Å². The second-order valence-electron chi connectivity index (χ2n) is 6.33. The summed E-state index contributed by atoms with van der Waals surface area (Å²) in [7, 11) is 0. The molecule has 1 aromatic heterocycles. The van der Waals surface area contributed by atoms with Gasteiger partial charge in [0.25, 0.3) is 0 Å². The molecule has 3 nitrogen and oxygen atoms in total. The Bertz CT molecular complexity index is 643. The van der Waals surface area contributed by atoms with Crippen molar-refractivity contribution in [2.75, 3.05) is 19.6 Å². The first kappa shape index (κ1) is 17.9. The molecule has 2 aromatic rings. The predicted molar refractivity (Wildman–Crippen MR) is 98.2 cm³/mol. The maximum Gasteiger partial charge on any atom is 0.0477 e. The zero-order valence-electron chi connectivity index (χ0n) is 14.2. The van der Waals surface area contributed by atoms with Gasteiger partial charge in [-0.2, -0.15) is 0 Å². The molecule has 1 atom stereocenters. The van der Waals surface area contributed by atoms with Gasteiger partial charge >= 0.3 is 0 Å². The number of aryl methyl sites for hydroxylation is 3. The second-order valence-corrected chi connectivity index (χ2v) is 6.33. The second kappa shape index (κ2) is 7.91. The van der Waals surface area contributed by atoms with E-state index in [-0.39, 0.29) is 12.4 Å². The lowest BCUT2D eigenvalue weighted by Gasteiger charge is -2.37. The highest BCUT2D eigenvalue weighted by molar-refractivity contribution is 5.85. The maximum absolute atomic E-state index is 4.15. The van der Waals surface area contributed by atoms with Crippen molar-refractivity contribution in [2.45, 2.75) is 33.4 Å². The average molecular weight is 332 g/mol. The third-order valence-electron chi connectivity index (χ3n) is 4.77. The molecule has 0 aliphatic carbocycles. The zero-order valence-corrected chi connectivity index (χ0v) is 15.0. The van der Waals surface area contributed by atoms with Gasteiger partial charge in [0, 0.05) is 44.6 Å². The number of nitrogens with zero attached hydrogens (tertiary/aromatic N) is 2. The first-order valence-corrected chi connectivity index (χ1v) is 8.06. The summed E-state index contributed by atoms with van der Waals surface area (Å²) in [6.45, 7) is 10.8. The molecule has 3 rings (SSSR count). The number of hydrogen-bond acceptors (Lipinski definition) is 3. The van der Waals surface area contributed by atoms with Crippen molar-refractivity contribution in [1.82, 2.24) is 15.2 Å². The molecule has 23 heavy (non-hydrogen) atoms. The van der Waals surface area contributed by atoms with Gasteiger partial charge in [-0.1, -0.05) is 12.1 Å². The van der Waals surface area contributed by atoms with E-state index in [1.54, 1.807) is 0 Å². The number of pyridine rings is 1. The molecule has 2 heterocycles. The van der Waals surface area contributed by atoms with Crippen molar-refractivity contribution >= 4 is 12.4 Å². The quantitative estimate of drug-likeness (QED) is 0.931. The van der Waals surface area contributed by atoms with Crippen LogP contribution in [-0.2, 0) is 6.54 Å². The van der Waals surface area contributed by atoms with E-state index in [0.29, 0.717) is 6.04 Å². The normalized spacial score (nSPS) is 18.5. The van der Waals surface area contributed by atoms with Gasteiger partial charge in [-0.25, -0.2) is 0 Å². The van der Waals surface area contributed by atoms with Gasteiger partial charge < -0.3 is 5.32 Å². The van der Waals surface area contributed by atoms with Crippen molar-refractivity contribution in [3.63, 3.8) is 0 Å². The van der Waals surface area contributed by atoms with E-state index in [1.165, 1.54) is 27.8 Å². The summed E-state index contributed by atoms with van der Waals surface area (Å²) in [4.78, 5) is 6.73. The summed E-state index contributed by atoms with van der Waals surface area (Å²) in [5, 5.41) is 3.52. The molecule has 1 unspecified atom stereocenters. The molecule has 1 fully saturated rings. The van der Waals surface area contributed by atoms with Crippen molar-refractivity contribution < 1.29 is 0 Å². The Morgan fingerprint density at radius 3 is 2.52 bits per heavy atom. The molecule has 1 saturated heterocycles. The predicted octanol–water partition coefficient (Wildman–Crippen LogP) is 3.58. The lowest BCUT2D eigenvalue weighted by Crippen LogP contribution is -2.45. The van der Waals surface area contributed by atoms with Crippen LogP contribution in [-0.4, -0.2) is 29.5 Å². The number of benzene rings is 1. The molecular weight excluding hydrogens is 306 g/mol. The number of aromatic nitrogens is 1. The smallest absolute Gasteiger partial charge is 0.0477 e. The molecule has 1 aromatic carbocycles. The molecule has 0 amide bonds. The van der Waals surface area contributed by atoms with E-state index in [4.69, 9.17) is 0 Å². The van der Waals surface area contributed by atoms with Crippen LogP contribution in [0.5, 0.6) is 0 Å². The number of piperazine rings is 1. The average Bonchev–Trinajstić information content (AvgIpc) is 2.54. The van der Waals surface area contributed by atoms with Crippen molar-refractivity contribution in [3.8, 4) is 0 Å². The zero-order chi connectivity index (χ0) is 15.5. The van der Waals surface area contributed by atoms with Crippen LogP contribution >= 0.6 is 12.4 Å². The van der Waals surface area contributed by atoms with Crippen LogP contribution in [0.2, 0.25) is 0 Å². The third-order valence-corrected chi connectivity index (χ3v) is 4.77. The summed E-state index contributed by atoms with van der Waals surface area (Å²) in [5.41, 5.74) is 6.96. The maximum atomic E-state index is 4.15. The number of hydrogen-bond donors (Lipinski definition) is 1. The Kier molecular flexibility index (Phi) is 6.17. The van der Waals surface area contributed by atoms with Gasteiger partial charge in [-0.3, -0.25) is 9.88 Å². The molecule has 1 aliphatic heterocycles. The standard InChI is InChI=1S/C19H25N3.ClH/c1-14-10-16(3)18(11-15(14)2)13-22-9-8-21-12-19(22)17-4-6-20-7-5-17;/h4-7,10-11,19,21H,8-9,12-13H2,1-3H3;1H. The molecule has 1 N–H and O–H groups in total. The Balaban J connectivity index is 0.00000192. The highest BCUT2D eigenvalue weighted by Crippen LogP contribution is 2.25. The fourth-order valence-electron chi connectivity index (χ4n) is 3.26. The van der Waals surface area contributed by atoms with E-state index < -0.39 is 0 Å². The van der Waals surface area contributed by atoms with E-state index in [0.717, 1.165) is 26.2 Å². The fourth-order valence-corrected chi connectivity index (χ4v) is 3.26. The van der Waals surface area contributed by atoms with Crippen LogP contribution in [0.15, 0.2) is 36.7 Å². The number of nitrogens with one attached hydrogen (secondary N) is 1. The molecule has 0 radical (unpaired) electrons. The van der Waals surface area contributed by atoms with Crippen LogP contribution in [0.25, 0.3) is 0 Å². The largest absolute Gasteiger partial charge is 0.314 e. The Morgan fingerprint density at radius 2 is 1.78 bits per heavy atom. The van der Waals surface area contributed by atoms with E-state index in [2.05, 4.69) is 60.2 Å². The topological polar surface area (TPSA) is 28.2 Å². The van der Waals surface area contributed by atoms with E-state index in [1.807, 2.05) is 12.4 Å². The van der Waals surface area contributed by atoms with Crippen molar-refractivity contribution in [3.05, 3.63) is 64.5 Å². The molecule has 0 saturated carbocycles. The number of rotatable bonds is 3. The minimum Gasteiger partial charge on any atom is -0.314 e. The van der Waals surface area contributed by atoms with Gasteiger partial charge in [0.05, 0.1) is 0 Å². The van der Waals surface area contributed by atoms with E-state index >= 15 is 0 Å². The molecule has 124 valence electrons. The first-order valence-electron chi connectivity index (χ1n) is 8.06. The summed E-state index contributed by atoms with van der Waals surface area (Å²) in [5.74, 6) is 0. The lowest BCUT2D eigenvalue weighted by molar-refractivity contribution is 0.153. The molecule has 4 heteroatoms. The highest BCUT2D eigenvalue weighted by Gasteiger charge is 2.24. The van der Waals surface area contributed by atoms with Gasteiger partial charge in [-0.05, 0) is 60.7 Å². The summed E-state index contributed by atoms with van der Waals surface area (Å²) in [6, 6.07) is 9.37. The van der Waals surface area contributed by atoms with Gasteiger partial charge in [0.1, 0.15) is 0 Å². The molecule has 1 aliphatic rings. The first-order chi connectivity index (χ1) is 10.6. The lowest BCUT2D eigenvalue weighted by atomic mass is 9.98. The number of halogens is 1. The van der Waals surface area contributed by atoms with Crippen LogP contribution in [0.4, 0.5) is 0 Å². The van der Waals surface area contributed by atoms with Crippen molar-refractivity contribution in [2.24, 2.45) is 0 Å². The van der Waals surface area contributed by atoms with Crippen LogP contribution in [0.1, 0.15) is 33.9 Å². The van der Waals surface area contributed by atoms with Gasteiger partial charge in [0.15, 0.2) is 0 Å². The fraction of sp³-hybridized carbons (Fsp3) is 0.421. The third kappa shape index (κ3) is 4.11. The Morgan fingerprint density at radius 1 is 1.09 bits per heavy atom. The highest BCUT2D eigenvalue weighted by atomic mass is 35.5. The summed E-state index contributed by atoms with van der Waals surface area (Å²) < 4.78 is 0. The SMILES string of the molecule is Cc1cc(C)c(CN2CCNCC2c2ccncc2)cc1C.Cl.